The molecule has 0 bridgehead atoms. The fourth-order valence-electron chi connectivity index (χ4n) is 2.26. The van der Waals surface area contributed by atoms with Crippen molar-refractivity contribution in [3.63, 3.8) is 0 Å². The van der Waals surface area contributed by atoms with E-state index in [9.17, 15) is 4.39 Å². The average Bonchev–Trinajstić information content (AvgIpc) is 2.84. The summed E-state index contributed by atoms with van der Waals surface area (Å²) in [7, 11) is 0. The summed E-state index contributed by atoms with van der Waals surface area (Å²) in [6.07, 6.45) is 0. The van der Waals surface area contributed by atoms with Gasteiger partial charge in [0.1, 0.15) is 11.5 Å². The molecule has 1 heterocycles. The fraction of sp³-hybridized carbons (Fsp3) is 0.0625. The van der Waals surface area contributed by atoms with Crippen molar-refractivity contribution in [3.8, 4) is 22.4 Å². The number of hydrogen-bond acceptors (Lipinski definition) is 3. The molecule has 21 heavy (non-hydrogen) atoms. The zero-order chi connectivity index (χ0) is 15.0. The van der Waals surface area contributed by atoms with Gasteiger partial charge < -0.3 is 10.3 Å². The predicted octanol–water partition coefficient (Wildman–Crippen LogP) is 4.80. The topological polar surface area (TPSA) is 52.0 Å². The van der Waals surface area contributed by atoms with Gasteiger partial charge in [0.15, 0.2) is 0 Å². The quantitative estimate of drug-likeness (QED) is 0.724. The van der Waals surface area contributed by atoms with Crippen LogP contribution in [0.1, 0.15) is 5.56 Å². The van der Waals surface area contributed by atoms with Gasteiger partial charge in [-0.05, 0) is 46.1 Å². The summed E-state index contributed by atoms with van der Waals surface area (Å²) >= 11 is 3.14. The first-order valence-corrected chi connectivity index (χ1v) is 7.14. The lowest BCUT2D eigenvalue weighted by atomic mass is 9.97. The van der Waals surface area contributed by atoms with Gasteiger partial charge in [-0.3, -0.25) is 0 Å². The van der Waals surface area contributed by atoms with E-state index >= 15 is 0 Å². The molecule has 3 nitrogen and oxygen atoms in total. The summed E-state index contributed by atoms with van der Waals surface area (Å²) in [5.74, 6) is -0.132. The highest BCUT2D eigenvalue weighted by atomic mass is 79.9. The predicted molar refractivity (Wildman–Crippen MR) is 84.2 cm³/mol. The number of nitrogen functional groups attached to an aromatic ring is 1. The summed E-state index contributed by atoms with van der Waals surface area (Å²) in [6.45, 7) is 1.98. The maximum Gasteiger partial charge on any atom is 0.230 e. The van der Waals surface area contributed by atoms with E-state index in [-0.39, 0.29) is 11.7 Å². The standard InChI is InChI=1S/C16H12BrFN2O/c1-9-4-2-3-5-11(9)14-15(20-21-16(14)19)10-6-7-12(17)13(18)8-10/h2-8H,19H2,1H3. The number of nitrogens with zero attached hydrogens (tertiary/aromatic N) is 1. The minimum absolute atomic E-state index is 0.225. The van der Waals surface area contributed by atoms with E-state index in [0.29, 0.717) is 21.3 Å². The second kappa shape index (κ2) is 5.33. The number of halogens is 2. The van der Waals surface area contributed by atoms with Crippen LogP contribution in [0.4, 0.5) is 10.3 Å². The van der Waals surface area contributed by atoms with Gasteiger partial charge in [-0.1, -0.05) is 35.5 Å². The van der Waals surface area contributed by atoms with Crippen LogP contribution in [-0.4, -0.2) is 5.16 Å². The zero-order valence-electron chi connectivity index (χ0n) is 11.2. The first-order chi connectivity index (χ1) is 10.1. The van der Waals surface area contributed by atoms with Crippen LogP contribution >= 0.6 is 15.9 Å². The largest absolute Gasteiger partial charge is 0.367 e. The molecule has 106 valence electrons. The number of benzene rings is 2. The Morgan fingerprint density at radius 3 is 2.67 bits per heavy atom. The van der Waals surface area contributed by atoms with Crippen LogP contribution in [0.25, 0.3) is 22.4 Å². The summed E-state index contributed by atoms with van der Waals surface area (Å²) < 4.78 is 19.3. The molecule has 5 heteroatoms. The van der Waals surface area contributed by atoms with Gasteiger partial charge in [-0.25, -0.2) is 4.39 Å². The Morgan fingerprint density at radius 2 is 1.95 bits per heavy atom. The summed E-state index contributed by atoms with van der Waals surface area (Å²) in [5, 5.41) is 3.99. The highest BCUT2D eigenvalue weighted by molar-refractivity contribution is 9.10. The van der Waals surface area contributed by atoms with Crippen LogP contribution in [0, 0.1) is 12.7 Å². The van der Waals surface area contributed by atoms with Gasteiger partial charge in [-0.15, -0.1) is 0 Å². The van der Waals surface area contributed by atoms with E-state index in [1.807, 2.05) is 31.2 Å². The summed E-state index contributed by atoms with van der Waals surface area (Å²) in [4.78, 5) is 0. The van der Waals surface area contributed by atoms with E-state index in [1.165, 1.54) is 6.07 Å². The van der Waals surface area contributed by atoms with Crippen molar-refractivity contribution in [2.45, 2.75) is 6.92 Å². The van der Waals surface area contributed by atoms with Crippen LogP contribution in [0.15, 0.2) is 51.5 Å². The van der Waals surface area contributed by atoms with Gasteiger partial charge >= 0.3 is 0 Å². The van der Waals surface area contributed by atoms with E-state index in [2.05, 4.69) is 21.1 Å². The summed E-state index contributed by atoms with van der Waals surface area (Å²) in [6, 6.07) is 12.6. The van der Waals surface area contributed by atoms with Crippen molar-refractivity contribution in [2.75, 3.05) is 5.73 Å². The normalized spacial score (nSPS) is 10.8. The van der Waals surface area contributed by atoms with Gasteiger partial charge in [0.2, 0.25) is 5.88 Å². The Labute approximate surface area is 129 Å². The fourth-order valence-corrected chi connectivity index (χ4v) is 2.50. The molecule has 0 radical (unpaired) electrons. The van der Waals surface area contributed by atoms with Crippen LogP contribution in [0.3, 0.4) is 0 Å². The SMILES string of the molecule is Cc1ccccc1-c1c(-c2ccc(Br)c(F)c2)noc1N. The number of aryl methyl sites for hydroxylation is 1. The molecule has 3 aromatic rings. The van der Waals surface area contributed by atoms with Crippen molar-refractivity contribution in [2.24, 2.45) is 0 Å². The van der Waals surface area contributed by atoms with Gasteiger partial charge in [0.25, 0.3) is 0 Å². The second-order valence-electron chi connectivity index (χ2n) is 4.71. The zero-order valence-corrected chi connectivity index (χ0v) is 12.8. The lowest BCUT2D eigenvalue weighted by Crippen LogP contribution is -1.90. The molecule has 0 unspecified atom stereocenters. The van der Waals surface area contributed by atoms with E-state index in [0.717, 1.165) is 11.1 Å². The average molecular weight is 347 g/mol. The first kappa shape index (κ1) is 13.8. The van der Waals surface area contributed by atoms with Gasteiger partial charge in [0, 0.05) is 5.56 Å². The van der Waals surface area contributed by atoms with Crippen molar-refractivity contribution in [1.82, 2.24) is 5.16 Å². The Morgan fingerprint density at radius 1 is 1.19 bits per heavy atom. The van der Waals surface area contributed by atoms with Gasteiger partial charge in [-0.2, -0.15) is 0 Å². The Balaban J connectivity index is 2.22. The van der Waals surface area contributed by atoms with E-state index in [4.69, 9.17) is 10.3 Å². The van der Waals surface area contributed by atoms with Crippen molar-refractivity contribution < 1.29 is 8.91 Å². The summed E-state index contributed by atoms with van der Waals surface area (Å²) in [5.41, 5.74) is 9.73. The maximum absolute atomic E-state index is 13.7. The Kier molecular flexibility index (Phi) is 3.51. The van der Waals surface area contributed by atoms with Crippen molar-refractivity contribution in [3.05, 3.63) is 58.3 Å². The van der Waals surface area contributed by atoms with Crippen molar-refractivity contribution in [1.29, 1.82) is 0 Å². The minimum Gasteiger partial charge on any atom is -0.367 e. The molecule has 3 rings (SSSR count). The molecule has 0 spiro atoms. The highest BCUT2D eigenvalue weighted by Gasteiger charge is 2.19. The van der Waals surface area contributed by atoms with Crippen LogP contribution in [0.5, 0.6) is 0 Å². The second-order valence-corrected chi connectivity index (χ2v) is 5.57. The third-order valence-corrected chi connectivity index (χ3v) is 3.97. The number of aromatic nitrogens is 1. The molecule has 0 aliphatic rings. The maximum atomic E-state index is 13.7. The molecular weight excluding hydrogens is 335 g/mol. The molecule has 2 aromatic carbocycles. The molecule has 2 N–H and O–H groups in total. The molecule has 0 saturated carbocycles. The minimum atomic E-state index is -0.357. The molecule has 0 aliphatic heterocycles. The molecule has 0 saturated heterocycles. The first-order valence-electron chi connectivity index (χ1n) is 6.34. The van der Waals surface area contributed by atoms with E-state index < -0.39 is 0 Å². The molecule has 0 fully saturated rings. The highest BCUT2D eigenvalue weighted by Crippen LogP contribution is 2.38. The van der Waals surface area contributed by atoms with Crippen LogP contribution in [-0.2, 0) is 0 Å². The van der Waals surface area contributed by atoms with Crippen molar-refractivity contribution >= 4 is 21.8 Å². The number of rotatable bonds is 2. The third kappa shape index (κ3) is 2.45. The molecule has 0 atom stereocenters. The lowest BCUT2D eigenvalue weighted by Gasteiger charge is -2.06. The smallest absolute Gasteiger partial charge is 0.230 e. The van der Waals surface area contributed by atoms with E-state index in [1.54, 1.807) is 12.1 Å². The van der Waals surface area contributed by atoms with Gasteiger partial charge in [0.05, 0.1) is 10.0 Å². The number of anilines is 1. The molecule has 0 aliphatic carbocycles. The van der Waals surface area contributed by atoms with Crippen LogP contribution < -0.4 is 5.73 Å². The Bertz CT molecular complexity index is 814. The number of hydrogen-bond donors (Lipinski definition) is 1. The molecule has 0 amide bonds. The van der Waals surface area contributed by atoms with Crippen LogP contribution in [0.2, 0.25) is 0 Å². The molecule has 1 aromatic heterocycles. The molecular formula is C16H12BrFN2O. The number of nitrogens with two attached hydrogens (primary N) is 1. The lowest BCUT2D eigenvalue weighted by molar-refractivity contribution is 0.439. The monoisotopic (exact) mass is 346 g/mol. The third-order valence-electron chi connectivity index (χ3n) is 3.33. The Hall–Kier alpha value is -2.14.